The number of carbonyl (C=O) groups is 2. The van der Waals surface area contributed by atoms with Gasteiger partial charge in [-0.15, -0.1) is 0 Å². The van der Waals surface area contributed by atoms with Crippen LogP contribution in [0.4, 0.5) is 16.4 Å². The maximum absolute atomic E-state index is 13.1. The molecule has 3 N–H and O–H groups in total. The largest absolute Gasteiger partial charge is 0.465 e. The second-order valence-electron chi connectivity index (χ2n) is 11.4. The van der Waals surface area contributed by atoms with Crippen molar-refractivity contribution < 1.29 is 19.4 Å². The molecule has 2 amide bonds. The lowest BCUT2D eigenvalue weighted by Gasteiger charge is -2.31. The van der Waals surface area contributed by atoms with Crippen LogP contribution in [0.2, 0.25) is 0 Å². The Bertz CT molecular complexity index is 1640. The van der Waals surface area contributed by atoms with Gasteiger partial charge in [0.25, 0.3) is 0 Å². The first-order valence-electron chi connectivity index (χ1n) is 15.0. The minimum Gasteiger partial charge on any atom is -0.465 e. The normalized spacial score (nSPS) is 17.4. The first-order valence-corrected chi connectivity index (χ1v) is 15.0. The fourth-order valence-corrected chi connectivity index (χ4v) is 6.08. The highest BCUT2D eigenvalue weighted by molar-refractivity contribution is 6.05. The van der Waals surface area contributed by atoms with Crippen LogP contribution in [0, 0.1) is 12.8 Å². The molecular weight excluding hydrogens is 544 g/mol. The lowest BCUT2D eigenvalue weighted by Crippen LogP contribution is -2.44. The van der Waals surface area contributed by atoms with Crippen molar-refractivity contribution >= 4 is 34.4 Å². The summed E-state index contributed by atoms with van der Waals surface area (Å²) in [5.41, 5.74) is 3.03. The van der Waals surface area contributed by atoms with Crippen molar-refractivity contribution in [1.82, 2.24) is 19.9 Å². The molecule has 10 heteroatoms. The summed E-state index contributed by atoms with van der Waals surface area (Å²) in [6.45, 7) is 2.91. The summed E-state index contributed by atoms with van der Waals surface area (Å²) < 4.78 is 6.54. The molecule has 3 heterocycles. The summed E-state index contributed by atoms with van der Waals surface area (Å²) in [5, 5.41) is 17.7. The number of nitrogens with zero attached hydrogens (tertiary/aromatic N) is 4. The molecule has 2 aromatic heterocycles. The van der Waals surface area contributed by atoms with Gasteiger partial charge in [-0.1, -0.05) is 43.5 Å². The number of hydrogen-bond donors (Lipinski definition) is 3. The first kappa shape index (κ1) is 28.4. The van der Waals surface area contributed by atoms with Crippen LogP contribution in [-0.4, -0.2) is 56.1 Å². The van der Waals surface area contributed by atoms with E-state index in [1.807, 2.05) is 49.4 Å². The van der Waals surface area contributed by atoms with Crippen LogP contribution in [0.15, 0.2) is 60.9 Å². The Kier molecular flexibility index (Phi) is 8.35. The zero-order valence-electron chi connectivity index (χ0n) is 24.3. The summed E-state index contributed by atoms with van der Waals surface area (Å²) in [6, 6.07) is 15.3. The lowest BCUT2D eigenvalue weighted by molar-refractivity contribution is -0.120. The van der Waals surface area contributed by atoms with E-state index >= 15 is 0 Å². The van der Waals surface area contributed by atoms with Gasteiger partial charge in [0, 0.05) is 53.9 Å². The zero-order chi connectivity index (χ0) is 29.8. The van der Waals surface area contributed by atoms with Crippen molar-refractivity contribution in [2.24, 2.45) is 5.92 Å². The van der Waals surface area contributed by atoms with Crippen molar-refractivity contribution in [3.8, 4) is 22.9 Å². The van der Waals surface area contributed by atoms with Crippen LogP contribution in [0.1, 0.15) is 50.5 Å². The average molecular weight is 581 g/mol. The number of likely N-dealkylation sites (tertiary alicyclic amines) is 1. The number of nitrogens with one attached hydrogen (secondary N) is 2. The number of aryl methyl sites for hydroxylation is 1. The summed E-state index contributed by atoms with van der Waals surface area (Å²) in [6.07, 6.45) is 9.33. The van der Waals surface area contributed by atoms with Crippen molar-refractivity contribution in [1.29, 1.82) is 0 Å². The molecule has 222 valence electrons. The van der Waals surface area contributed by atoms with E-state index in [2.05, 4.69) is 20.6 Å². The van der Waals surface area contributed by atoms with Crippen LogP contribution < -0.4 is 15.4 Å². The van der Waals surface area contributed by atoms with Crippen LogP contribution in [0.5, 0.6) is 11.6 Å². The Balaban J connectivity index is 1.27. The Hall–Kier alpha value is -4.73. The van der Waals surface area contributed by atoms with E-state index in [0.717, 1.165) is 60.5 Å². The van der Waals surface area contributed by atoms with Crippen LogP contribution in [0.3, 0.4) is 0 Å². The number of hydrogen-bond acceptors (Lipinski definition) is 7. The van der Waals surface area contributed by atoms with E-state index < -0.39 is 6.09 Å². The summed E-state index contributed by atoms with van der Waals surface area (Å²) in [5.74, 6) is 1.62. The van der Waals surface area contributed by atoms with Crippen LogP contribution >= 0.6 is 0 Å². The molecule has 1 atom stereocenters. The molecule has 0 radical (unpaired) electrons. The third-order valence-corrected chi connectivity index (χ3v) is 8.37. The van der Waals surface area contributed by atoms with E-state index in [4.69, 9.17) is 9.72 Å². The number of ether oxygens (including phenoxy) is 1. The second-order valence-corrected chi connectivity index (χ2v) is 11.4. The number of benzene rings is 2. The average Bonchev–Trinajstić information content (AvgIpc) is 3.03. The van der Waals surface area contributed by atoms with Gasteiger partial charge < -0.3 is 25.4 Å². The molecule has 1 saturated heterocycles. The highest BCUT2D eigenvalue weighted by Crippen LogP contribution is 2.39. The summed E-state index contributed by atoms with van der Waals surface area (Å²) >= 11 is 0. The highest BCUT2D eigenvalue weighted by Gasteiger charge is 2.25. The van der Waals surface area contributed by atoms with Crippen molar-refractivity contribution in [2.75, 3.05) is 23.7 Å². The molecule has 43 heavy (non-hydrogen) atoms. The Morgan fingerprint density at radius 1 is 0.930 bits per heavy atom. The zero-order valence-corrected chi connectivity index (χ0v) is 24.3. The minimum absolute atomic E-state index is 0.0581. The number of carboxylic acid groups (broad SMARTS) is 1. The van der Waals surface area contributed by atoms with E-state index in [-0.39, 0.29) is 17.9 Å². The Morgan fingerprint density at radius 3 is 2.63 bits per heavy atom. The van der Waals surface area contributed by atoms with Gasteiger partial charge >= 0.3 is 6.09 Å². The first-order chi connectivity index (χ1) is 21.0. The molecule has 2 aromatic carbocycles. The van der Waals surface area contributed by atoms with Crippen molar-refractivity contribution in [3.63, 3.8) is 0 Å². The van der Waals surface area contributed by atoms with Gasteiger partial charge in [0.05, 0.1) is 11.3 Å². The van der Waals surface area contributed by atoms with Gasteiger partial charge in [-0.2, -0.15) is 0 Å². The molecule has 1 aliphatic carbocycles. The lowest BCUT2D eigenvalue weighted by atomic mass is 9.88. The smallest absolute Gasteiger partial charge is 0.407 e. The fourth-order valence-electron chi connectivity index (χ4n) is 6.08. The molecule has 6 rings (SSSR count). The molecule has 1 saturated carbocycles. The van der Waals surface area contributed by atoms with E-state index in [1.54, 1.807) is 18.5 Å². The maximum atomic E-state index is 13.1. The molecule has 1 aliphatic heterocycles. The minimum atomic E-state index is -0.916. The quantitative estimate of drug-likeness (QED) is 0.216. The fraction of sp³-hybridized carbons (Fsp3) is 0.364. The topological polar surface area (TPSA) is 130 Å². The number of rotatable bonds is 7. The van der Waals surface area contributed by atoms with Gasteiger partial charge in [0.2, 0.25) is 17.7 Å². The molecule has 10 nitrogen and oxygen atoms in total. The number of anilines is 2. The van der Waals surface area contributed by atoms with Gasteiger partial charge in [0.15, 0.2) is 0 Å². The van der Waals surface area contributed by atoms with E-state index in [1.165, 1.54) is 11.3 Å². The van der Waals surface area contributed by atoms with Gasteiger partial charge in [-0.3, -0.25) is 4.79 Å². The number of aromatic nitrogens is 3. The molecule has 0 bridgehead atoms. The van der Waals surface area contributed by atoms with Crippen LogP contribution in [0.25, 0.3) is 22.0 Å². The second kappa shape index (κ2) is 12.6. The SMILES string of the molecule is Cc1ccc2c(NC(=O)C3CCCCC3)cccc2c1Oc1ncccc1-c1ccnc(N[C@H]2CCCN(C(=O)O)C2)n1. The number of pyridine rings is 1. The van der Waals surface area contributed by atoms with Crippen molar-refractivity contribution in [2.45, 2.75) is 57.9 Å². The van der Waals surface area contributed by atoms with Crippen LogP contribution in [-0.2, 0) is 4.79 Å². The molecule has 2 aliphatic rings. The number of piperidine rings is 1. The van der Waals surface area contributed by atoms with Gasteiger partial charge in [-0.05, 0) is 62.4 Å². The molecule has 4 aromatic rings. The standard InChI is InChI=1S/C33H36N6O4/c1-21-14-15-24-25(11-5-13-27(24)37-30(40)22-8-3-2-4-9-22)29(21)43-31-26(12-6-17-34-31)28-16-18-35-32(38-28)36-23-10-7-19-39(20-23)33(41)42/h5-6,11-18,22-23H,2-4,7-10,19-20H2,1H3,(H,37,40)(H,41,42)(H,35,36,38)/t23-/m0/s1. The highest BCUT2D eigenvalue weighted by atomic mass is 16.5. The number of carbonyl (C=O) groups excluding carboxylic acids is 1. The number of amides is 2. The monoisotopic (exact) mass is 580 g/mol. The van der Waals surface area contributed by atoms with E-state index in [0.29, 0.717) is 41.9 Å². The number of fused-ring (bicyclic) bond motifs is 1. The predicted octanol–water partition coefficient (Wildman–Crippen LogP) is 6.87. The van der Waals surface area contributed by atoms with Gasteiger partial charge in [-0.25, -0.2) is 19.7 Å². The molecule has 0 unspecified atom stereocenters. The third kappa shape index (κ3) is 6.38. The predicted molar refractivity (Wildman–Crippen MR) is 165 cm³/mol. The summed E-state index contributed by atoms with van der Waals surface area (Å²) in [4.78, 5) is 39.6. The third-order valence-electron chi connectivity index (χ3n) is 8.37. The van der Waals surface area contributed by atoms with Gasteiger partial charge in [0.1, 0.15) is 5.75 Å². The molecular formula is C33H36N6O4. The molecule has 0 spiro atoms. The Morgan fingerprint density at radius 2 is 1.79 bits per heavy atom. The van der Waals surface area contributed by atoms with Crippen molar-refractivity contribution in [3.05, 3.63) is 66.5 Å². The summed E-state index contributed by atoms with van der Waals surface area (Å²) in [7, 11) is 0. The van der Waals surface area contributed by atoms with E-state index in [9.17, 15) is 14.7 Å². The Labute approximate surface area is 250 Å². The maximum Gasteiger partial charge on any atom is 0.407 e. The molecule has 2 fully saturated rings.